The van der Waals surface area contributed by atoms with Crippen molar-refractivity contribution in [2.75, 3.05) is 20.6 Å². The summed E-state index contributed by atoms with van der Waals surface area (Å²) in [7, 11) is 3.26. The number of urea groups is 1. The molecule has 0 aliphatic rings. The molecule has 0 atom stereocenters. The fraction of sp³-hybridized carbons (Fsp3) is 0.900. The summed E-state index contributed by atoms with van der Waals surface area (Å²) in [5, 5.41) is 10.1. The minimum absolute atomic E-state index is 0.347. The Kier molecular flexibility index (Phi) is 7.20. The summed E-state index contributed by atoms with van der Waals surface area (Å²) < 4.78 is 0. The molecule has 2 amide bonds. The first-order valence-corrected chi connectivity index (χ1v) is 5.27. The van der Waals surface area contributed by atoms with Crippen LogP contribution in [0.1, 0.15) is 39.0 Å². The summed E-state index contributed by atoms with van der Waals surface area (Å²) in [6, 6.07) is -0.347. The molecule has 0 heterocycles. The third-order valence-electron chi connectivity index (χ3n) is 2.08. The molecule has 0 bridgehead atoms. The lowest BCUT2D eigenvalue weighted by atomic mass is 10.1. The highest BCUT2D eigenvalue weighted by molar-refractivity contribution is 5.72. The molecule has 0 aliphatic heterocycles. The van der Waals surface area contributed by atoms with Crippen molar-refractivity contribution in [3.63, 3.8) is 0 Å². The molecule has 4 nitrogen and oxygen atoms in total. The van der Waals surface area contributed by atoms with E-state index in [2.05, 4.69) is 6.92 Å². The largest absolute Gasteiger partial charge is 0.343 e. The molecular weight excluding hydrogens is 180 g/mol. The molecule has 0 spiro atoms. The van der Waals surface area contributed by atoms with E-state index in [1.165, 1.54) is 24.2 Å². The van der Waals surface area contributed by atoms with Crippen LogP contribution in [0.25, 0.3) is 0 Å². The molecule has 0 fully saturated rings. The second-order valence-corrected chi connectivity index (χ2v) is 3.71. The molecule has 0 aromatic heterocycles. The van der Waals surface area contributed by atoms with Crippen LogP contribution >= 0.6 is 0 Å². The lowest BCUT2D eigenvalue weighted by Gasteiger charge is -2.19. The van der Waals surface area contributed by atoms with Crippen LogP contribution in [0.4, 0.5) is 4.79 Å². The summed E-state index contributed by atoms with van der Waals surface area (Å²) in [5.74, 6) is 0. The monoisotopic (exact) mass is 202 g/mol. The topological polar surface area (TPSA) is 43.8 Å². The zero-order valence-corrected chi connectivity index (χ0v) is 9.49. The number of hydrogen-bond acceptors (Lipinski definition) is 2. The van der Waals surface area contributed by atoms with Gasteiger partial charge in [0.1, 0.15) is 0 Å². The SMILES string of the molecule is CCCCCCCN(O)C(=O)N(C)C. The van der Waals surface area contributed by atoms with E-state index in [0.29, 0.717) is 6.54 Å². The van der Waals surface area contributed by atoms with E-state index in [9.17, 15) is 10.0 Å². The summed E-state index contributed by atoms with van der Waals surface area (Å²) in [5.41, 5.74) is 0. The van der Waals surface area contributed by atoms with Crippen molar-refractivity contribution < 1.29 is 10.0 Å². The number of amides is 2. The fourth-order valence-electron chi connectivity index (χ4n) is 1.19. The second-order valence-electron chi connectivity index (χ2n) is 3.71. The minimum Gasteiger partial charge on any atom is -0.329 e. The first-order chi connectivity index (χ1) is 6.59. The van der Waals surface area contributed by atoms with Crippen LogP contribution in [0.15, 0.2) is 0 Å². The van der Waals surface area contributed by atoms with Gasteiger partial charge in [-0.15, -0.1) is 0 Å². The van der Waals surface area contributed by atoms with Crippen molar-refractivity contribution in [1.29, 1.82) is 0 Å². The van der Waals surface area contributed by atoms with Gasteiger partial charge in [0, 0.05) is 14.1 Å². The summed E-state index contributed by atoms with van der Waals surface area (Å²) in [6.07, 6.45) is 5.56. The van der Waals surface area contributed by atoms with Crippen molar-refractivity contribution in [1.82, 2.24) is 9.96 Å². The predicted octanol–water partition coefficient (Wildman–Crippen LogP) is 2.33. The Morgan fingerprint density at radius 3 is 2.21 bits per heavy atom. The van der Waals surface area contributed by atoms with E-state index in [1.807, 2.05) is 0 Å². The Labute approximate surface area is 86.5 Å². The smallest absolute Gasteiger partial charge is 0.329 e. The van der Waals surface area contributed by atoms with Crippen LogP contribution in [0.3, 0.4) is 0 Å². The average molecular weight is 202 g/mol. The van der Waals surface area contributed by atoms with E-state index < -0.39 is 0 Å². The van der Waals surface area contributed by atoms with Crippen LogP contribution in [-0.4, -0.2) is 41.8 Å². The normalized spacial score (nSPS) is 10.0. The minimum atomic E-state index is -0.347. The van der Waals surface area contributed by atoms with E-state index in [-0.39, 0.29) is 6.03 Å². The van der Waals surface area contributed by atoms with Crippen LogP contribution < -0.4 is 0 Å². The zero-order chi connectivity index (χ0) is 11.0. The third-order valence-corrected chi connectivity index (χ3v) is 2.08. The number of carbonyl (C=O) groups is 1. The van der Waals surface area contributed by atoms with Gasteiger partial charge in [-0.25, -0.2) is 9.86 Å². The van der Waals surface area contributed by atoms with Crippen LogP contribution in [0.5, 0.6) is 0 Å². The molecule has 0 aromatic rings. The van der Waals surface area contributed by atoms with Gasteiger partial charge < -0.3 is 4.90 Å². The van der Waals surface area contributed by atoms with E-state index in [1.54, 1.807) is 14.1 Å². The lowest BCUT2D eigenvalue weighted by molar-refractivity contribution is -0.0536. The molecule has 14 heavy (non-hydrogen) atoms. The van der Waals surface area contributed by atoms with E-state index >= 15 is 0 Å². The number of unbranched alkanes of at least 4 members (excludes halogenated alkanes) is 4. The highest BCUT2D eigenvalue weighted by Gasteiger charge is 2.11. The Bertz CT molecular complexity index is 160. The summed E-state index contributed by atoms with van der Waals surface area (Å²) >= 11 is 0. The highest BCUT2D eigenvalue weighted by atomic mass is 16.5. The van der Waals surface area contributed by atoms with Crippen LogP contribution in [0, 0.1) is 0 Å². The van der Waals surface area contributed by atoms with Gasteiger partial charge in [0.15, 0.2) is 0 Å². The van der Waals surface area contributed by atoms with Gasteiger partial charge in [-0.2, -0.15) is 0 Å². The van der Waals surface area contributed by atoms with Gasteiger partial charge >= 0.3 is 6.03 Å². The van der Waals surface area contributed by atoms with E-state index in [0.717, 1.165) is 17.9 Å². The molecule has 1 N–H and O–H groups in total. The number of hydrogen-bond donors (Lipinski definition) is 1. The number of nitrogens with zero attached hydrogens (tertiary/aromatic N) is 2. The molecule has 0 unspecified atom stereocenters. The van der Waals surface area contributed by atoms with Gasteiger partial charge in [0.05, 0.1) is 6.54 Å². The van der Waals surface area contributed by atoms with Crippen molar-refractivity contribution in [2.45, 2.75) is 39.0 Å². The van der Waals surface area contributed by atoms with Crippen molar-refractivity contribution in [2.24, 2.45) is 0 Å². The first-order valence-electron chi connectivity index (χ1n) is 5.27. The van der Waals surface area contributed by atoms with Gasteiger partial charge in [0.2, 0.25) is 0 Å². The second kappa shape index (κ2) is 7.62. The highest BCUT2D eigenvalue weighted by Crippen LogP contribution is 2.03. The Hall–Kier alpha value is -0.770. The number of hydroxylamine groups is 2. The fourth-order valence-corrected chi connectivity index (χ4v) is 1.19. The maximum absolute atomic E-state index is 11.2. The molecule has 0 radical (unpaired) electrons. The van der Waals surface area contributed by atoms with Gasteiger partial charge in [-0.3, -0.25) is 5.21 Å². The van der Waals surface area contributed by atoms with Gasteiger partial charge in [-0.05, 0) is 6.42 Å². The summed E-state index contributed by atoms with van der Waals surface area (Å²) in [6.45, 7) is 2.59. The first kappa shape index (κ1) is 13.2. The zero-order valence-electron chi connectivity index (χ0n) is 9.49. The number of rotatable bonds is 6. The van der Waals surface area contributed by atoms with Crippen molar-refractivity contribution in [3.8, 4) is 0 Å². The maximum Gasteiger partial charge on any atom is 0.343 e. The Morgan fingerprint density at radius 1 is 1.14 bits per heavy atom. The van der Waals surface area contributed by atoms with Crippen LogP contribution in [-0.2, 0) is 0 Å². The molecule has 0 rings (SSSR count). The quantitative estimate of drug-likeness (QED) is 0.408. The maximum atomic E-state index is 11.2. The van der Waals surface area contributed by atoms with Crippen LogP contribution in [0.2, 0.25) is 0 Å². The Morgan fingerprint density at radius 2 is 1.71 bits per heavy atom. The molecule has 0 saturated heterocycles. The standard InChI is InChI=1S/C10H22N2O2/c1-4-5-6-7-8-9-12(14)10(13)11(2)3/h14H,4-9H2,1-3H3. The average Bonchev–Trinajstić information content (AvgIpc) is 2.16. The third kappa shape index (κ3) is 5.80. The van der Waals surface area contributed by atoms with Crippen molar-refractivity contribution in [3.05, 3.63) is 0 Å². The number of carbonyl (C=O) groups excluding carboxylic acids is 1. The molecule has 0 aromatic carbocycles. The van der Waals surface area contributed by atoms with Crippen molar-refractivity contribution >= 4 is 6.03 Å². The molecule has 0 saturated carbocycles. The molecule has 4 heteroatoms. The predicted molar refractivity (Wildman–Crippen MR) is 56.3 cm³/mol. The lowest BCUT2D eigenvalue weighted by Crippen LogP contribution is -2.37. The van der Waals surface area contributed by atoms with E-state index in [4.69, 9.17) is 0 Å². The Balaban J connectivity index is 3.44. The molecule has 84 valence electrons. The molecule has 0 aliphatic carbocycles. The van der Waals surface area contributed by atoms with Gasteiger partial charge in [0.25, 0.3) is 0 Å². The van der Waals surface area contributed by atoms with Gasteiger partial charge in [-0.1, -0.05) is 32.6 Å². The molecular formula is C10H22N2O2. The summed E-state index contributed by atoms with van der Waals surface area (Å²) in [4.78, 5) is 12.5.